The van der Waals surface area contributed by atoms with Crippen molar-refractivity contribution < 1.29 is 22.8 Å². The third-order valence-electron chi connectivity index (χ3n) is 5.15. The van der Waals surface area contributed by atoms with E-state index in [1.807, 2.05) is 0 Å². The van der Waals surface area contributed by atoms with Crippen LogP contribution in [0.15, 0.2) is 36.4 Å². The van der Waals surface area contributed by atoms with E-state index in [1.165, 1.54) is 12.1 Å². The predicted molar refractivity (Wildman–Crippen MR) is 94.9 cm³/mol. The number of benzene rings is 2. The zero-order valence-corrected chi connectivity index (χ0v) is 14.6. The maximum Gasteiger partial charge on any atom is 0.417 e. The van der Waals surface area contributed by atoms with Gasteiger partial charge in [0.15, 0.2) is 0 Å². The number of halogens is 3. The van der Waals surface area contributed by atoms with Gasteiger partial charge in [-0.1, -0.05) is 12.1 Å². The Kier molecular flexibility index (Phi) is 3.98. The number of carbonyl (C=O) groups is 2. The van der Waals surface area contributed by atoms with Crippen LogP contribution in [0.4, 0.5) is 24.5 Å². The molecule has 2 aliphatic rings. The molecule has 1 N–H and O–H groups in total. The zero-order valence-electron chi connectivity index (χ0n) is 14.6. The molecule has 0 aromatic heterocycles. The van der Waals surface area contributed by atoms with Crippen LogP contribution in [0.25, 0.3) is 0 Å². The van der Waals surface area contributed by atoms with Crippen molar-refractivity contribution in [3.05, 3.63) is 58.7 Å². The molecule has 0 radical (unpaired) electrons. The lowest BCUT2D eigenvalue weighted by atomic mass is 9.95. The van der Waals surface area contributed by atoms with Gasteiger partial charge in [-0.3, -0.25) is 9.59 Å². The molecule has 0 fully saturated rings. The summed E-state index contributed by atoms with van der Waals surface area (Å²) in [5.41, 5.74) is 1.67. The Hall–Kier alpha value is -2.83. The quantitative estimate of drug-likeness (QED) is 0.849. The van der Waals surface area contributed by atoms with Crippen LogP contribution in [0.5, 0.6) is 0 Å². The molecule has 140 valence electrons. The maximum absolute atomic E-state index is 13.2. The molecule has 0 saturated heterocycles. The molecule has 4 nitrogen and oxygen atoms in total. The van der Waals surface area contributed by atoms with Crippen molar-refractivity contribution in [3.8, 4) is 0 Å². The van der Waals surface area contributed by atoms with Crippen molar-refractivity contribution in [1.82, 2.24) is 0 Å². The zero-order chi connectivity index (χ0) is 19.3. The van der Waals surface area contributed by atoms with Gasteiger partial charge in [0, 0.05) is 12.2 Å². The Morgan fingerprint density at radius 3 is 2.70 bits per heavy atom. The average Bonchev–Trinajstić information content (AvgIpc) is 2.88. The minimum absolute atomic E-state index is 0.0249. The molecule has 2 heterocycles. The highest BCUT2D eigenvalue weighted by molar-refractivity contribution is 6.08. The summed E-state index contributed by atoms with van der Waals surface area (Å²) in [6.45, 7) is 2.48. The van der Waals surface area contributed by atoms with Gasteiger partial charge in [-0.25, -0.2) is 0 Å². The van der Waals surface area contributed by atoms with Crippen molar-refractivity contribution in [3.63, 3.8) is 0 Å². The lowest BCUT2D eigenvalue weighted by molar-refractivity contribution is -0.137. The van der Waals surface area contributed by atoms with E-state index in [0.717, 1.165) is 41.8 Å². The lowest BCUT2D eigenvalue weighted by Gasteiger charge is -2.26. The van der Waals surface area contributed by atoms with E-state index < -0.39 is 23.2 Å². The summed E-state index contributed by atoms with van der Waals surface area (Å²) in [4.78, 5) is 26.7. The number of carbonyl (C=O) groups excluding carboxylic acids is 2. The topological polar surface area (TPSA) is 49.4 Å². The van der Waals surface area contributed by atoms with E-state index >= 15 is 0 Å². The number of amides is 2. The fourth-order valence-electron chi connectivity index (χ4n) is 3.89. The molecule has 0 saturated carbocycles. The largest absolute Gasteiger partial charge is 0.417 e. The number of hydrogen-bond acceptors (Lipinski definition) is 2. The molecule has 2 aromatic rings. The summed E-state index contributed by atoms with van der Waals surface area (Å²) in [6.07, 6.45) is -3.03. The molecule has 1 atom stereocenters. The van der Waals surface area contributed by atoms with Crippen LogP contribution in [0.1, 0.15) is 46.3 Å². The third kappa shape index (κ3) is 2.87. The highest BCUT2D eigenvalue weighted by atomic mass is 19.4. The van der Waals surface area contributed by atoms with E-state index in [1.54, 1.807) is 24.0 Å². The molecule has 4 rings (SSSR count). The van der Waals surface area contributed by atoms with E-state index in [0.29, 0.717) is 12.2 Å². The summed E-state index contributed by atoms with van der Waals surface area (Å²) < 4.78 is 39.5. The Morgan fingerprint density at radius 1 is 1.22 bits per heavy atom. The van der Waals surface area contributed by atoms with Gasteiger partial charge in [0.1, 0.15) is 0 Å². The van der Waals surface area contributed by atoms with Crippen molar-refractivity contribution in [2.75, 3.05) is 16.8 Å². The number of nitrogens with zero attached hydrogens (tertiary/aromatic N) is 1. The molecule has 0 unspecified atom stereocenters. The number of aryl methyl sites for hydroxylation is 1. The van der Waals surface area contributed by atoms with Crippen molar-refractivity contribution in [1.29, 1.82) is 0 Å². The van der Waals surface area contributed by atoms with E-state index in [-0.39, 0.29) is 11.8 Å². The van der Waals surface area contributed by atoms with Crippen LogP contribution < -0.4 is 10.2 Å². The highest BCUT2D eigenvalue weighted by Gasteiger charge is 2.38. The monoisotopic (exact) mass is 374 g/mol. The first-order valence-electron chi connectivity index (χ1n) is 8.73. The first kappa shape index (κ1) is 17.6. The molecule has 7 heteroatoms. The third-order valence-corrected chi connectivity index (χ3v) is 5.15. The fraction of sp³-hybridized carbons (Fsp3) is 0.300. The molecular formula is C20H17F3N2O2. The molecule has 2 amide bonds. The first-order chi connectivity index (χ1) is 12.8. The summed E-state index contributed by atoms with van der Waals surface area (Å²) in [6, 6.07) is 8.14. The van der Waals surface area contributed by atoms with Gasteiger partial charge in [-0.05, 0) is 55.2 Å². The Morgan fingerprint density at radius 2 is 1.96 bits per heavy atom. The Labute approximate surface area is 154 Å². The normalized spacial score (nSPS) is 18.4. The summed E-state index contributed by atoms with van der Waals surface area (Å²) >= 11 is 0. The molecule has 27 heavy (non-hydrogen) atoms. The molecule has 0 aliphatic carbocycles. The standard InChI is InChI=1S/C20H17F3N2O2/c1-11-15-10-13(9-12-5-4-8-25(17(12)15)19(11)27)24-18(26)14-6-2-3-7-16(14)20(21,22)23/h2-3,6-7,9-11H,4-5,8H2,1H3,(H,24,26)/t11-/m1/s1. The van der Waals surface area contributed by atoms with Gasteiger partial charge in [-0.2, -0.15) is 13.2 Å². The highest BCUT2D eigenvalue weighted by Crippen LogP contribution is 2.44. The Balaban J connectivity index is 1.70. The second-order valence-electron chi connectivity index (χ2n) is 6.89. The van der Waals surface area contributed by atoms with Crippen LogP contribution >= 0.6 is 0 Å². The molecule has 2 aromatic carbocycles. The second-order valence-corrected chi connectivity index (χ2v) is 6.89. The number of rotatable bonds is 2. The molecule has 0 bridgehead atoms. The minimum atomic E-state index is -4.61. The maximum atomic E-state index is 13.2. The van der Waals surface area contributed by atoms with Crippen LogP contribution in [0, 0.1) is 0 Å². The van der Waals surface area contributed by atoms with E-state index in [4.69, 9.17) is 0 Å². The predicted octanol–water partition coefficient (Wildman–Crippen LogP) is 4.35. The van der Waals surface area contributed by atoms with E-state index in [2.05, 4.69) is 5.32 Å². The molecular weight excluding hydrogens is 357 g/mol. The van der Waals surface area contributed by atoms with Crippen LogP contribution in [-0.4, -0.2) is 18.4 Å². The number of hydrogen-bond donors (Lipinski definition) is 1. The first-order valence-corrected chi connectivity index (χ1v) is 8.73. The van der Waals surface area contributed by atoms with Gasteiger partial charge in [0.25, 0.3) is 5.91 Å². The summed E-state index contributed by atoms with van der Waals surface area (Å²) in [5, 5.41) is 2.58. The van der Waals surface area contributed by atoms with Gasteiger partial charge in [-0.15, -0.1) is 0 Å². The van der Waals surface area contributed by atoms with E-state index in [9.17, 15) is 22.8 Å². The second kappa shape index (κ2) is 6.11. The lowest BCUT2D eigenvalue weighted by Crippen LogP contribution is -2.32. The molecule has 2 aliphatic heterocycles. The number of alkyl halides is 3. The smallest absolute Gasteiger partial charge is 0.322 e. The SMILES string of the molecule is C[C@H]1C(=O)N2CCCc3cc(NC(=O)c4ccccc4C(F)(F)F)cc1c32. The minimum Gasteiger partial charge on any atom is -0.322 e. The van der Waals surface area contributed by atoms with Crippen LogP contribution in [0.2, 0.25) is 0 Å². The van der Waals surface area contributed by atoms with Gasteiger partial charge >= 0.3 is 6.18 Å². The molecule has 0 spiro atoms. The number of nitrogens with one attached hydrogen (secondary N) is 1. The summed E-state index contributed by atoms with van der Waals surface area (Å²) in [7, 11) is 0. The average molecular weight is 374 g/mol. The van der Waals surface area contributed by atoms with Gasteiger partial charge < -0.3 is 10.2 Å². The van der Waals surface area contributed by atoms with Crippen molar-refractivity contribution in [2.45, 2.75) is 31.9 Å². The number of anilines is 2. The van der Waals surface area contributed by atoms with Crippen LogP contribution in [-0.2, 0) is 17.4 Å². The van der Waals surface area contributed by atoms with Crippen molar-refractivity contribution >= 4 is 23.2 Å². The van der Waals surface area contributed by atoms with Gasteiger partial charge in [0.2, 0.25) is 5.91 Å². The van der Waals surface area contributed by atoms with Gasteiger partial charge in [0.05, 0.1) is 22.7 Å². The fourth-order valence-corrected chi connectivity index (χ4v) is 3.89. The van der Waals surface area contributed by atoms with Crippen molar-refractivity contribution in [2.24, 2.45) is 0 Å². The summed E-state index contributed by atoms with van der Waals surface area (Å²) in [5.74, 6) is -1.12. The Bertz CT molecular complexity index is 953. The van der Waals surface area contributed by atoms with Crippen LogP contribution in [0.3, 0.4) is 0 Å².